The zero-order valence-corrected chi connectivity index (χ0v) is 21.9. The molecule has 0 N–H and O–H groups in total. The third-order valence-electron chi connectivity index (χ3n) is 7.06. The lowest BCUT2D eigenvalue weighted by Gasteiger charge is -2.17. The highest BCUT2D eigenvalue weighted by atomic mass is 14.8. The first kappa shape index (κ1) is 23.2. The maximum atomic E-state index is 5.48. The normalized spacial score (nSPS) is 15.3. The number of hydrogen-bond acceptors (Lipinski definition) is 2. The summed E-state index contributed by atoms with van der Waals surface area (Å²) in [5.41, 5.74) is 12.7. The zero-order valence-electron chi connectivity index (χ0n) is 21.9. The van der Waals surface area contributed by atoms with Gasteiger partial charge in [0, 0.05) is 16.5 Å². The third kappa shape index (κ3) is 4.01. The van der Waals surface area contributed by atoms with E-state index in [1.807, 2.05) is 0 Å². The Bertz CT molecular complexity index is 1460. The van der Waals surface area contributed by atoms with Crippen LogP contribution in [-0.2, 0) is 0 Å². The van der Waals surface area contributed by atoms with E-state index in [0.717, 1.165) is 22.8 Å². The van der Waals surface area contributed by atoms with Crippen molar-refractivity contribution < 1.29 is 0 Å². The highest BCUT2D eigenvalue weighted by Gasteiger charge is 2.28. The summed E-state index contributed by atoms with van der Waals surface area (Å²) in [5.74, 6) is 0.768. The lowest BCUT2D eigenvalue weighted by atomic mass is 9.92. The molecule has 0 aliphatic heterocycles. The quantitative estimate of drug-likeness (QED) is 0.291. The fraction of sp³-hybridized carbons (Fsp3) is 0.273. The molecular formula is C33H34N2. The van der Waals surface area contributed by atoms with Gasteiger partial charge in [-0.3, -0.25) is 0 Å². The molecule has 0 saturated heterocycles. The van der Waals surface area contributed by atoms with Crippen molar-refractivity contribution in [2.45, 2.75) is 60.3 Å². The molecule has 0 spiro atoms. The van der Waals surface area contributed by atoms with Crippen molar-refractivity contribution >= 4 is 33.6 Å². The first-order chi connectivity index (χ1) is 16.8. The fourth-order valence-corrected chi connectivity index (χ4v) is 5.43. The minimum atomic E-state index is 0.384. The average Bonchev–Trinajstić information content (AvgIpc) is 3.10. The number of nitrogens with zero attached hydrogens (tertiary/aromatic N) is 2. The van der Waals surface area contributed by atoms with Crippen LogP contribution in [0, 0.1) is 20.8 Å². The van der Waals surface area contributed by atoms with Gasteiger partial charge >= 0.3 is 0 Å². The highest BCUT2D eigenvalue weighted by molar-refractivity contribution is 6.61. The van der Waals surface area contributed by atoms with Gasteiger partial charge in [-0.2, -0.15) is 0 Å². The van der Waals surface area contributed by atoms with Gasteiger partial charge in [0.15, 0.2) is 0 Å². The number of para-hydroxylation sites is 1. The Morgan fingerprint density at radius 1 is 0.571 bits per heavy atom. The van der Waals surface area contributed by atoms with Crippen molar-refractivity contribution in [1.29, 1.82) is 0 Å². The molecule has 0 amide bonds. The highest BCUT2D eigenvalue weighted by Crippen LogP contribution is 2.39. The van der Waals surface area contributed by atoms with E-state index in [0.29, 0.717) is 11.8 Å². The van der Waals surface area contributed by atoms with Gasteiger partial charge in [0.25, 0.3) is 0 Å². The summed E-state index contributed by atoms with van der Waals surface area (Å²) in [6.45, 7) is 15.5. The molecule has 0 unspecified atom stereocenters. The molecule has 0 atom stereocenters. The van der Waals surface area contributed by atoms with Crippen molar-refractivity contribution in [3.8, 4) is 0 Å². The minimum Gasteiger partial charge on any atom is -0.246 e. The van der Waals surface area contributed by atoms with Gasteiger partial charge < -0.3 is 0 Å². The minimum absolute atomic E-state index is 0.384. The fourth-order valence-electron chi connectivity index (χ4n) is 5.43. The number of rotatable bonds is 4. The molecule has 0 saturated carbocycles. The first-order valence-electron chi connectivity index (χ1n) is 12.7. The lowest BCUT2D eigenvalue weighted by Crippen LogP contribution is -2.11. The summed E-state index contributed by atoms with van der Waals surface area (Å²) < 4.78 is 0. The predicted molar refractivity (Wildman–Crippen MR) is 152 cm³/mol. The van der Waals surface area contributed by atoms with Crippen molar-refractivity contribution in [1.82, 2.24) is 0 Å². The van der Waals surface area contributed by atoms with Crippen LogP contribution in [-0.4, -0.2) is 11.4 Å². The Morgan fingerprint density at radius 3 is 1.51 bits per heavy atom. The average molecular weight is 459 g/mol. The van der Waals surface area contributed by atoms with Crippen molar-refractivity contribution in [3.63, 3.8) is 0 Å². The van der Waals surface area contributed by atoms with E-state index in [1.54, 1.807) is 0 Å². The van der Waals surface area contributed by atoms with Crippen molar-refractivity contribution in [2.75, 3.05) is 0 Å². The molecule has 0 fully saturated rings. The maximum absolute atomic E-state index is 5.48. The second-order valence-corrected chi connectivity index (χ2v) is 10.5. The van der Waals surface area contributed by atoms with Gasteiger partial charge in [0.1, 0.15) is 0 Å². The molecule has 0 heterocycles. The molecule has 35 heavy (non-hydrogen) atoms. The Hall–Kier alpha value is -3.52. The molecule has 2 nitrogen and oxygen atoms in total. The van der Waals surface area contributed by atoms with Crippen LogP contribution in [0.2, 0.25) is 0 Å². The van der Waals surface area contributed by atoms with Gasteiger partial charge in [0.2, 0.25) is 0 Å². The van der Waals surface area contributed by atoms with Crippen molar-refractivity contribution in [2.24, 2.45) is 9.98 Å². The molecule has 4 aromatic rings. The molecule has 0 aromatic heterocycles. The monoisotopic (exact) mass is 458 g/mol. The number of aryl methyl sites for hydroxylation is 3. The van der Waals surface area contributed by atoms with E-state index in [4.69, 9.17) is 9.98 Å². The molecule has 4 aromatic carbocycles. The molecule has 0 bridgehead atoms. The second kappa shape index (κ2) is 8.92. The lowest BCUT2D eigenvalue weighted by molar-refractivity contribution is 0.835. The molecule has 1 aliphatic carbocycles. The molecular weight excluding hydrogens is 424 g/mol. The van der Waals surface area contributed by atoms with E-state index in [2.05, 4.69) is 115 Å². The molecule has 5 rings (SSSR count). The zero-order chi connectivity index (χ0) is 24.9. The SMILES string of the molecule is Cc1cc(C)c(N=C2C(=Nc3c(C(C)C)cccc3C(C)C)c3cccc4cccc2c34)c(C)c1. The summed E-state index contributed by atoms with van der Waals surface area (Å²) in [5, 5.41) is 2.49. The van der Waals surface area contributed by atoms with Gasteiger partial charge in [-0.15, -0.1) is 0 Å². The van der Waals surface area contributed by atoms with Gasteiger partial charge in [-0.25, -0.2) is 9.98 Å². The van der Waals surface area contributed by atoms with E-state index in [9.17, 15) is 0 Å². The van der Waals surface area contributed by atoms with E-state index in [-0.39, 0.29) is 0 Å². The third-order valence-corrected chi connectivity index (χ3v) is 7.06. The number of benzene rings is 4. The van der Waals surface area contributed by atoms with Gasteiger partial charge in [-0.05, 0) is 60.2 Å². The van der Waals surface area contributed by atoms with Crippen molar-refractivity contribution in [3.05, 3.63) is 106 Å². The van der Waals surface area contributed by atoms with Crippen LogP contribution in [0.5, 0.6) is 0 Å². The maximum Gasteiger partial charge on any atom is 0.0979 e. The van der Waals surface area contributed by atoms with E-state index >= 15 is 0 Å². The summed E-state index contributed by atoms with van der Waals surface area (Å²) in [4.78, 5) is 10.8. The molecule has 2 heteroatoms. The predicted octanol–water partition coefficient (Wildman–Crippen LogP) is 9.27. The van der Waals surface area contributed by atoms with Crippen LogP contribution in [0.4, 0.5) is 11.4 Å². The summed E-state index contributed by atoms with van der Waals surface area (Å²) in [7, 11) is 0. The molecule has 0 radical (unpaired) electrons. The van der Waals surface area contributed by atoms with Crippen LogP contribution in [0.15, 0.2) is 76.7 Å². The number of hydrogen-bond donors (Lipinski definition) is 0. The summed E-state index contributed by atoms with van der Waals surface area (Å²) in [6.07, 6.45) is 0. The van der Waals surface area contributed by atoms with E-state index in [1.165, 1.54) is 49.7 Å². The topological polar surface area (TPSA) is 24.7 Å². The Labute approximate surface area is 209 Å². The molecule has 176 valence electrons. The number of aliphatic imine (C=N–C) groups is 2. The van der Waals surface area contributed by atoms with Crippen LogP contribution < -0.4 is 0 Å². The Balaban J connectivity index is 1.86. The summed E-state index contributed by atoms with van der Waals surface area (Å²) in [6, 6.07) is 24.1. The largest absolute Gasteiger partial charge is 0.246 e. The van der Waals surface area contributed by atoms with E-state index < -0.39 is 0 Å². The summed E-state index contributed by atoms with van der Waals surface area (Å²) >= 11 is 0. The Morgan fingerprint density at radius 2 is 1.03 bits per heavy atom. The van der Waals surface area contributed by atoms with Gasteiger partial charge in [0.05, 0.1) is 22.8 Å². The smallest absolute Gasteiger partial charge is 0.0979 e. The van der Waals surface area contributed by atoms with Crippen LogP contribution >= 0.6 is 0 Å². The van der Waals surface area contributed by atoms with Crippen LogP contribution in [0.1, 0.15) is 78.5 Å². The molecule has 1 aliphatic rings. The second-order valence-electron chi connectivity index (χ2n) is 10.5. The Kier molecular flexibility index (Phi) is 5.92. The van der Waals surface area contributed by atoms with Crippen LogP contribution in [0.3, 0.4) is 0 Å². The van der Waals surface area contributed by atoms with Crippen LogP contribution in [0.25, 0.3) is 10.8 Å². The van der Waals surface area contributed by atoms with Gasteiger partial charge in [-0.1, -0.05) is 100.0 Å². The first-order valence-corrected chi connectivity index (χ1v) is 12.7. The standard InChI is InChI=1S/C33H34N2/c1-19(2)25-13-10-14-26(20(3)4)31(25)35-33-28-16-9-12-24-11-8-15-27(29(24)28)32(33)34-30-22(6)17-21(5)18-23(30)7/h8-20H,1-7H3.